The van der Waals surface area contributed by atoms with Crippen molar-refractivity contribution in [1.29, 1.82) is 0 Å². The molecule has 0 aromatic heterocycles. The van der Waals surface area contributed by atoms with E-state index in [1.165, 1.54) is 6.92 Å². The van der Waals surface area contributed by atoms with Crippen molar-refractivity contribution >= 4 is 52.7 Å². The first-order valence-electron chi connectivity index (χ1n) is 22.8. The second kappa shape index (κ2) is 38.0. The lowest BCUT2D eigenvalue weighted by Gasteiger charge is -2.20. The van der Waals surface area contributed by atoms with E-state index in [4.69, 9.17) is 0 Å². The van der Waals surface area contributed by atoms with E-state index in [1.54, 1.807) is 19.0 Å². The summed E-state index contributed by atoms with van der Waals surface area (Å²) in [6.07, 6.45) is 16.4. The molecule has 0 saturated heterocycles. The molecule has 0 saturated carbocycles. The van der Waals surface area contributed by atoms with Gasteiger partial charge in [-0.05, 0) is 70.6 Å². The molecule has 0 aliphatic carbocycles. The van der Waals surface area contributed by atoms with E-state index in [0.29, 0.717) is 103 Å². The normalized spacial score (nSPS) is 11.4. The number of carbonyl (C=O) groups excluding carboxylic acids is 9. The highest BCUT2D eigenvalue weighted by atomic mass is 16.2. The van der Waals surface area contributed by atoms with Crippen molar-refractivity contribution in [3.63, 3.8) is 0 Å². The Bertz CT molecular complexity index is 1250. The smallest absolute Gasteiger partial charge is 0.234 e. The van der Waals surface area contributed by atoms with Gasteiger partial charge in [-0.3, -0.25) is 48.1 Å². The van der Waals surface area contributed by atoms with Crippen LogP contribution in [0.3, 0.4) is 0 Å². The van der Waals surface area contributed by atoms with E-state index in [-0.39, 0.29) is 78.7 Å². The zero-order chi connectivity index (χ0) is 44.8. The third-order valence-corrected chi connectivity index (χ3v) is 10.4. The van der Waals surface area contributed by atoms with Crippen molar-refractivity contribution < 1.29 is 43.2 Å². The Morgan fingerprint density at radius 3 is 1.33 bits per heavy atom. The molecule has 5 amide bonds. The van der Waals surface area contributed by atoms with Crippen LogP contribution in [-0.4, -0.2) is 110 Å². The van der Waals surface area contributed by atoms with Gasteiger partial charge in [-0.1, -0.05) is 51.9 Å². The number of hydrogen-bond acceptors (Lipinski definition) is 10. The lowest BCUT2D eigenvalue weighted by atomic mass is 9.99. The van der Waals surface area contributed by atoms with E-state index in [9.17, 15) is 43.2 Å². The number of rotatable bonds is 41. The van der Waals surface area contributed by atoms with E-state index >= 15 is 0 Å². The van der Waals surface area contributed by atoms with Gasteiger partial charge in [0.1, 0.15) is 17.3 Å². The summed E-state index contributed by atoms with van der Waals surface area (Å²) >= 11 is 0. The lowest BCUT2D eigenvalue weighted by Crippen LogP contribution is -2.42. The first-order chi connectivity index (χ1) is 28.8. The predicted molar refractivity (Wildman–Crippen MR) is 234 cm³/mol. The summed E-state index contributed by atoms with van der Waals surface area (Å²) in [6, 6.07) is -0.585. The highest BCUT2D eigenvalue weighted by Crippen LogP contribution is 2.13. The summed E-state index contributed by atoms with van der Waals surface area (Å²) in [5, 5.41) is 13.8. The summed E-state index contributed by atoms with van der Waals surface area (Å²) in [6.45, 7) is 4.20. The Morgan fingerprint density at radius 2 is 0.850 bits per heavy atom. The van der Waals surface area contributed by atoms with E-state index in [0.717, 1.165) is 70.6 Å². The monoisotopic (exact) mass is 849 g/mol. The zero-order valence-corrected chi connectivity index (χ0v) is 37.6. The van der Waals surface area contributed by atoms with Crippen LogP contribution in [0.15, 0.2) is 0 Å². The van der Waals surface area contributed by atoms with Gasteiger partial charge in [-0.2, -0.15) is 0 Å². The van der Waals surface area contributed by atoms with Crippen LogP contribution in [0.2, 0.25) is 0 Å². The van der Waals surface area contributed by atoms with Gasteiger partial charge in [0, 0.05) is 85.5 Å². The molecule has 0 bridgehead atoms. The van der Waals surface area contributed by atoms with E-state index < -0.39 is 6.04 Å². The Labute approximate surface area is 360 Å². The maximum absolute atomic E-state index is 13.1. The lowest BCUT2D eigenvalue weighted by molar-refractivity contribution is -0.128. The maximum Gasteiger partial charge on any atom is 0.234 e. The largest absolute Gasteiger partial charge is 0.359 e. The minimum Gasteiger partial charge on any atom is -0.359 e. The van der Waals surface area contributed by atoms with E-state index in [2.05, 4.69) is 26.6 Å². The second-order valence-electron chi connectivity index (χ2n) is 15.9. The molecule has 5 N–H and O–H groups in total. The van der Waals surface area contributed by atoms with Gasteiger partial charge < -0.3 is 26.6 Å². The van der Waals surface area contributed by atoms with Crippen molar-refractivity contribution in [2.45, 2.75) is 187 Å². The van der Waals surface area contributed by atoms with Crippen molar-refractivity contribution in [1.82, 2.24) is 31.5 Å². The Balaban J connectivity index is 4.85. The van der Waals surface area contributed by atoms with Crippen LogP contribution in [0.1, 0.15) is 181 Å². The third kappa shape index (κ3) is 34.8. The van der Waals surface area contributed by atoms with Gasteiger partial charge >= 0.3 is 0 Å². The molecule has 0 spiro atoms. The average Bonchev–Trinajstić information content (AvgIpc) is 3.21. The molecule has 0 radical (unpaired) electrons. The van der Waals surface area contributed by atoms with Crippen LogP contribution in [0, 0.1) is 0 Å². The molecule has 15 heteroatoms. The summed E-state index contributed by atoms with van der Waals surface area (Å²) in [4.78, 5) is 112. The standard InChI is InChI=1S/C45H80N6O9/c1-5-37(53)23-15-12-21-32-49-45(60)35-51(33-38(54)24-13-6-9-17-28-42(57)46-3)34-39(55)25-14-7-10-19-30-44(59)50-40(26-20-22-31-48-36(2)52)41(56)27-16-8-11-18-29-43(58)47-4/h40H,5-35H2,1-4H3,(H,46,57)(H,47,58)(H,48,52)(H,49,60)(H,50,59). The number of unbranched alkanes of at least 4 members (excludes halogenated alkanes) is 12. The molecule has 0 aliphatic heterocycles. The molecule has 15 nitrogen and oxygen atoms in total. The number of amides is 5. The van der Waals surface area contributed by atoms with Crippen LogP contribution in [-0.2, 0) is 43.2 Å². The van der Waals surface area contributed by atoms with Gasteiger partial charge in [0.15, 0.2) is 5.78 Å². The predicted octanol–water partition coefficient (Wildman–Crippen LogP) is 4.96. The average molecular weight is 849 g/mol. The SMILES string of the molecule is CCC(=O)CCCCCNC(=O)CN(CC(=O)CCCCCCC(=O)NC)CC(=O)CCCCCCC(=O)NC(CCCCNC(C)=O)C(=O)CCCCCCC(=O)NC. The number of Topliss-reactive ketones (excluding diaryl/α,β-unsaturated/α-hetero) is 4. The van der Waals surface area contributed by atoms with Crippen LogP contribution >= 0.6 is 0 Å². The first kappa shape index (κ1) is 56.0. The Hall–Kier alpha value is -4.01. The molecular formula is C45H80N6O9. The molecule has 0 aromatic rings. The first-order valence-corrected chi connectivity index (χ1v) is 22.8. The van der Waals surface area contributed by atoms with Crippen LogP contribution < -0.4 is 26.6 Å². The number of hydrogen-bond donors (Lipinski definition) is 5. The number of nitrogens with zero attached hydrogens (tertiary/aromatic N) is 1. The van der Waals surface area contributed by atoms with Gasteiger partial charge in [-0.15, -0.1) is 0 Å². The molecule has 0 aliphatic rings. The second-order valence-corrected chi connectivity index (χ2v) is 15.9. The van der Waals surface area contributed by atoms with Crippen molar-refractivity contribution in [3.8, 4) is 0 Å². The van der Waals surface area contributed by atoms with Crippen LogP contribution in [0.4, 0.5) is 0 Å². The topological polar surface area (TPSA) is 217 Å². The molecule has 0 aromatic carbocycles. The van der Waals surface area contributed by atoms with Crippen LogP contribution in [0.25, 0.3) is 0 Å². The molecular weight excluding hydrogens is 769 g/mol. The Kier molecular flexibility index (Phi) is 35.4. The van der Waals surface area contributed by atoms with Gasteiger partial charge in [0.05, 0.1) is 25.7 Å². The molecule has 1 atom stereocenters. The molecule has 60 heavy (non-hydrogen) atoms. The summed E-state index contributed by atoms with van der Waals surface area (Å²) in [5.74, 6) is -0.428. The van der Waals surface area contributed by atoms with Crippen molar-refractivity contribution in [3.05, 3.63) is 0 Å². The highest BCUT2D eigenvalue weighted by Gasteiger charge is 2.21. The number of nitrogens with one attached hydrogen (secondary N) is 5. The maximum atomic E-state index is 13.1. The van der Waals surface area contributed by atoms with E-state index in [1.807, 2.05) is 6.92 Å². The molecule has 0 heterocycles. The van der Waals surface area contributed by atoms with Gasteiger partial charge in [0.25, 0.3) is 0 Å². The fourth-order valence-corrected chi connectivity index (χ4v) is 6.72. The minimum atomic E-state index is -0.585. The fourth-order valence-electron chi connectivity index (χ4n) is 6.72. The van der Waals surface area contributed by atoms with Crippen LogP contribution in [0.5, 0.6) is 0 Å². The van der Waals surface area contributed by atoms with Gasteiger partial charge in [-0.25, -0.2) is 0 Å². The molecule has 344 valence electrons. The fraction of sp³-hybridized carbons (Fsp3) is 0.800. The van der Waals surface area contributed by atoms with Crippen molar-refractivity contribution in [2.75, 3.05) is 46.8 Å². The number of ketones is 4. The minimum absolute atomic E-state index is 0.00280. The molecule has 1 unspecified atom stereocenters. The van der Waals surface area contributed by atoms with Gasteiger partial charge in [0.2, 0.25) is 29.5 Å². The van der Waals surface area contributed by atoms with Crippen molar-refractivity contribution in [2.24, 2.45) is 0 Å². The molecule has 0 rings (SSSR count). The Morgan fingerprint density at radius 1 is 0.433 bits per heavy atom. The number of carbonyl (C=O) groups is 9. The third-order valence-electron chi connectivity index (χ3n) is 10.4. The summed E-state index contributed by atoms with van der Waals surface area (Å²) < 4.78 is 0. The quantitative estimate of drug-likeness (QED) is 0.0522. The summed E-state index contributed by atoms with van der Waals surface area (Å²) in [5.41, 5.74) is 0. The molecule has 0 fully saturated rings. The summed E-state index contributed by atoms with van der Waals surface area (Å²) in [7, 11) is 3.22. The highest BCUT2D eigenvalue weighted by molar-refractivity contribution is 5.89. The zero-order valence-electron chi connectivity index (χ0n) is 37.6.